The Balaban J connectivity index is 1.51. The van der Waals surface area contributed by atoms with Crippen LogP contribution in [0.1, 0.15) is 18.4 Å². The van der Waals surface area contributed by atoms with Gasteiger partial charge >= 0.3 is 0 Å². The Labute approximate surface area is 197 Å². The molecule has 8 nitrogen and oxygen atoms in total. The van der Waals surface area contributed by atoms with Gasteiger partial charge in [0.15, 0.2) is 6.61 Å². The Morgan fingerprint density at radius 2 is 1.59 bits per heavy atom. The molecule has 0 aliphatic heterocycles. The summed E-state index contributed by atoms with van der Waals surface area (Å²) in [5.41, 5.74) is 2.22. The lowest BCUT2D eigenvalue weighted by atomic mass is 10.0. The third-order valence-electron chi connectivity index (χ3n) is 5.75. The van der Waals surface area contributed by atoms with Crippen LogP contribution in [0.2, 0.25) is 0 Å². The Hall–Kier alpha value is -4.07. The van der Waals surface area contributed by atoms with Crippen molar-refractivity contribution in [3.05, 3.63) is 82.4 Å². The fourth-order valence-corrected chi connectivity index (χ4v) is 3.71. The maximum Gasteiger partial charge on any atom is 0.270 e. The number of rotatable bonds is 10. The molecule has 1 amide bonds. The highest BCUT2D eigenvalue weighted by atomic mass is 16.6. The Bertz CT molecular complexity index is 1160. The Kier molecular flexibility index (Phi) is 6.96. The van der Waals surface area contributed by atoms with Gasteiger partial charge in [0.2, 0.25) is 0 Å². The highest BCUT2D eigenvalue weighted by molar-refractivity contribution is 5.79. The zero-order valence-electron chi connectivity index (χ0n) is 19.1. The first-order valence-electron chi connectivity index (χ1n) is 11.0. The number of ether oxygens (including phenoxy) is 3. The molecule has 0 heterocycles. The van der Waals surface area contributed by atoms with Crippen molar-refractivity contribution in [3.8, 4) is 28.4 Å². The molecule has 8 heteroatoms. The zero-order chi connectivity index (χ0) is 24.1. The molecule has 0 unspecified atom stereocenters. The first-order chi connectivity index (χ1) is 16.5. The van der Waals surface area contributed by atoms with Gasteiger partial charge in [-0.3, -0.25) is 14.9 Å². The minimum absolute atomic E-state index is 0.0522. The second-order valence-corrected chi connectivity index (χ2v) is 8.06. The number of amides is 1. The molecule has 0 bridgehead atoms. The van der Waals surface area contributed by atoms with E-state index in [0.717, 1.165) is 29.7 Å². The monoisotopic (exact) mass is 462 g/mol. The molecule has 0 aromatic heterocycles. The predicted octanol–water partition coefficient (Wildman–Crippen LogP) is 4.85. The molecule has 1 saturated carbocycles. The fraction of sp³-hybridized carbons (Fsp3) is 0.269. The van der Waals surface area contributed by atoms with Crippen molar-refractivity contribution < 1.29 is 23.9 Å². The van der Waals surface area contributed by atoms with Crippen LogP contribution in [0.5, 0.6) is 17.2 Å². The maximum absolute atomic E-state index is 13.1. The van der Waals surface area contributed by atoms with E-state index in [1.807, 2.05) is 29.2 Å². The van der Waals surface area contributed by atoms with E-state index < -0.39 is 4.92 Å². The molecular formula is C26H26N2O6. The molecule has 0 saturated heterocycles. The molecule has 1 aliphatic rings. The number of carbonyl (C=O) groups is 1. The number of nitro benzene ring substituents is 1. The topological polar surface area (TPSA) is 91.1 Å². The number of non-ortho nitro benzene ring substituents is 1. The first kappa shape index (κ1) is 23.1. The summed E-state index contributed by atoms with van der Waals surface area (Å²) in [5.74, 6) is 1.72. The number of benzene rings is 3. The predicted molar refractivity (Wildman–Crippen MR) is 127 cm³/mol. The van der Waals surface area contributed by atoms with Crippen LogP contribution in [0.15, 0.2) is 66.7 Å². The van der Waals surface area contributed by atoms with Crippen LogP contribution < -0.4 is 14.2 Å². The van der Waals surface area contributed by atoms with Crippen LogP contribution in [-0.2, 0) is 11.3 Å². The molecule has 1 aliphatic carbocycles. The maximum atomic E-state index is 13.1. The van der Waals surface area contributed by atoms with Gasteiger partial charge in [0.1, 0.15) is 17.2 Å². The van der Waals surface area contributed by atoms with Gasteiger partial charge in [-0.2, -0.15) is 0 Å². The van der Waals surface area contributed by atoms with Crippen molar-refractivity contribution in [1.29, 1.82) is 0 Å². The van der Waals surface area contributed by atoms with Crippen LogP contribution in [0.4, 0.5) is 5.69 Å². The average molecular weight is 463 g/mol. The first-order valence-corrected chi connectivity index (χ1v) is 11.0. The molecular weight excluding hydrogens is 436 g/mol. The molecule has 3 aromatic rings. The van der Waals surface area contributed by atoms with Gasteiger partial charge < -0.3 is 19.1 Å². The normalized spacial score (nSPS) is 12.6. The third-order valence-corrected chi connectivity index (χ3v) is 5.75. The van der Waals surface area contributed by atoms with Crippen molar-refractivity contribution >= 4 is 11.6 Å². The smallest absolute Gasteiger partial charge is 0.270 e. The number of methoxy groups -OCH3 is 2. The van der Waals surface area contributed by atoms with Gasteiger partial charge in [0.25, 0.3) is 11.6 Å². The number of nitro groups is 1. The Morgan fingerprint density at radius 3 is 2.15 bits per heavy atom. The van der Waals surface area contributed by atoms with Crippen molar-refractivity contribution in [2.75, 3.05) is 20.8 Å². The summed E-state index contributed by atoms with van der Waals surface area (Å²) in [7, 11) is 3.19. The highest BCUT2D eigenvalue weighted by Crippen LogP contribution is 2.35. The van der Waals surface area contributed by atoms with Crippen molar-refractivity contribution in [3.63, 3.8) is 0 Å². The van der Waals surface area contributed by atoms with Crippen LogP contribution in [-0.4, -0.2) is 42.6 Å². The van der Waals surface area contributed by atoms with Gasteiger partial charge in [0, 0.05) is 30.3 Å². The van der Waals surface area contributed by atoms with Crippen LogP contribution >= 0.6 is 0 Å². The summed E-state index contributed by atoms with van der Waals surface area (Å²) >= 11 is 0. The number of nitrogens with zero attached hydrogens (tertiary/aromatic N) is 2. The lowest BCUT2D eigenvalue weighted by molar-refractivity contribution is -0.384. The van der Waals surface area contributed by atoms with Crippen molar-refractivity contribution in [1.82, 2.24) is 4.90 Å². The largest absolute Gasteiger partial charge is 0.497 e. The second-order valence-electron chi connectivity index (χ2n) is 8.06. The van der Waals surface area contributed by atoms with Crippen LogP contribution in [0.25, 0.3) is 11.1 Å². The van der Waals surface area contributed by atoms with E-state index in [1.54, 1.807) is 38.5 Å². The molecule has 34 heavy (non-hydrogen) atoms. The molecule has 3 aromatic carbocycles. The van der Waals surface area contributed by atoms with E-state index >= 15 is 0 Å². The minimum Gasteiger partial charge on any atom is -0.497 e. The summed E-state index contributed by atoms with van der Waals surface area (Å²) in [6.45, 7) is 0.329. The lowest BCUT2D eigenvalue weighted by Gasteiger charge is -2.23. The second kappa shape index (κ2) is 10.2. The minimum atomic E-state index is -0.453. The molecule has 176 valence electrons. The summed E-state index contributed by atoms with van der Waals surface area (Å²) in [4.78, 5) is 25.8. The molecule has 0 radical (unpaired) electrons. The van der Waals surface area contributed by atoms with E-state index in [9.17, 15) is 14.9 Å². The molecule has 0 N–H and O–H groups in total. The van der Waals surface area contributed by atoms with Gasteiger partial charge in [-0.05, 0) is 54.3 Å². The van der Waals surface area contributed by atoms with Gasteiger partial charge in [-0.15, -0.1) is 0 Å². The van der Waals surface area contributed by atoms with E-state index in [2.05, 4.69) is 0 Å². The molecule has 0 spiro atoms. The quantitative estimate of drug-likeness (QED) is 0.316. The van der Waals surface area contributed by atoms with Crippen molar-refractivity contribution in [2.45, 2.75) is 25.4 Å². The van der Waals surface area contributed by atoms with E-state index in [4.69, 9.17) is 14.2 Å². The summed E-state index contributed by atoms with van der Waals surface area (Å²) in [6.07, 6.45) is 1.94. The fourth-order valence-electron chi connectivity index (χ4n) is 3.71. The summed E-state index contributed by atoms with van der Waals surface area (Å²) in [5, 5.41) is 11.3. The molecule has 4 rings (SSSR count). The highest BCUT2D eigenvalue weighted by Gasteiger charge is 2.32. The summed E-state index contributed by atoms with van der Waals surface area (Å²) < 4.78 is 16.3. The van der Waals surface area contributed by atoms with E-state index in [-0.39, 0.29) is 24.2 Å². The SMILES string of the molecule is COc1ccc(CN(C(=O)COc2ccc([N+](=O)[O-])cc2-c2ccc(OC)cc2)C2CC2)cc1. The number of hydrogen-bond donors (Lipinski definition) is 0. The van der Waals surface area contributed by atoms with E-state index in [1.165, 1.54) is 18.2 Å². The van der Waals surface area contributed by atoms with E-state index in [0.29, 0.717) is 23.6 Å². The number of carbonyl (C=O) groups excluding carboxylic acids is 1. The molecule has 1 fully saturated rings. The summed E-state index contributed by atoms with van der Waals surface area (Å²) in [6, 6.07) is 19.4. The van der Waals surface area contributed by atoms with Gasteiger partial charge in [0.05, 0.1) is 19.1 Å². The third kappa shape index (κ3) is 5.46. The average Bonchev–Trinajstić information content (AvgIpc) is 3.71. The van der Waals surface area contributed by atoms with Crippen molar-refractivity contribution in [2.24, 2.45) is 0 Å². The van der Waals surface area contributed by atoms with Gasteiger partial charge in [-0.1, -0.05) is 24.3 Å². The zero-order valence-corrected chi connectivity index (χ0v) is 19.1. The Morgan fingerprint density at radius 1 is 0.971 bits per heavy atom. The van der Waals surface area contributed by atoms with Gasteiger partial charge in [-0.25, -0.2) is 0 Å². The lowest BCUT2D eigenvalue weighted by Crippen LogP contribution is -2.36. The molecule has 0 atom stereocenters. The van der Waals surface area contributed by atoms with Crippen LogP contribution in [0, 0.1) is 10.1 Å². The standard InChI is InChI=1S/C26H26N2O6/c1-32-22-10-3-18(4-11-22)16-27(20-7-8-20)26(29)17-34-25-14-9-21(28(30)31)15-24(25)19-5-12-23(33-2)13-6-19/h3-6,9-15,20H,7-8,16-17H2,1-2H3. The van der Waals surface area contributed by atoms with Crippen LogP contribution in [0.3, 0.4) is 0 Å². The number of hydrogen-bond acceptors (Lipinski definition) is 6.